The van der Waals surface area contributed by atoms with Gasteiger partial charge < -0.3 is 0 Å². The Kier molecular flexibility index (Phi) is 1.65. The topological polar surface area (TPSA) is 0 Å². The van der Waals surface area contributed by atoms with Gasteiger partial charge in [-0.1, -0.05) is 0 Å². The van der Waals surface area contributed by atoms with Gasteiger partial charge in [0.1, 0.15) is 0 Å². The van der Waals surface area contributed by atoms with Gasteiger partial charge in [-0.2, -0.15) is 0 Å². The van der Waals surface area contributed by atoms with Gasteiger partial charge in [0.25, 0.3) is 0 Å². The minimum absolute atomic E-state index is 0.523. The van der Waals surface area contributed by atoms with Crippen molar-refractivity contribution >= 4 is 0 Å². The molecule has 0 N–H and O–H groups in total. The summed E-state index contributed by atoms with van der Waals surface area (Å²) in [5.74, 6) is -1.36. The van der Waals surface area contributed by atoms with Crippen molar-refractivity contribution in [2.75, 3.05) is 0 Å². The van der Waals surface area contributed by atoms with E-state index in [9.17, 15) is 8.78 Å². The van der Waals surface area contributed by atoms with Crippen LogP contribution in [0.2, 0.25) is 0 Å². The molecule has 0 aromatic rings. The summed E-state index contributed by atoms with van der Waals surface area (Å²) < 4.78 is 24.7. The third kappa shape index (κ3) is 1.18. The molecule has 0 atom stereocenters. The van der Waals surface area contributed by atoms with Crippen LogP contribution in [0.5, 0.6) is 0 Å². The van der Waals surface area contributed by atoms with Gasteiger partial charge in [-0.25, -0.2) is 8.78 Å². The normalized spacial score (nSPS) is 20.1. The van der Waals surface area contributed by atoms with Gasteiger partial charge in [0, 0.05) is 0 Å². The first kappa shape index (κ1) is 6.46. The maximum atomic E-state index is 12.4. The van der Waals surface area contributed by atoms with E-state index in [-0.39, 0.29) is 0 Å². The molecule has 0 amide bonds. The second-order valence-electron chi connectivity index (χ2n) is 2.19. The Morgan fingerprint density at radius 1 is 1.44 bits per heavy atom. The molecule has 0 radical (unpaired) electrons. The van der Waals surface area contributed by atoms with E-state index in [2.05, 4.69) is 0 Å². The zero-order valence-electron chi connectivity index (χ0n) is 5.25. The van der Waals surface area contributed by atoms with Crippen LogP contribution < -0.4 is 0 Å². The van der Waals surface area contributed by atoms with Crippen LogP contribution in [0, 0.1) is 0 Å². The van der Waals surface area contributed by atoms with Crippen LogP contribution in [0.3, 0.4) is 0 Å². The smallest absolute Gasteiger partial charge is 0.157 e. The molecule has 0 aliphatic heterocycles. The third-order valence-electron chi connectivity index (χ3n) is 1.43. The Hall–Kier alpha value is -0.660. The number of hydrogen-bond donors (Lipinski definition) is 0. The standard InChI is InChI=1S/C7H8F2/c1-5-3-2-4-6(8)7(5)9/h4H,2-3H2,1H3. The van der Waals surface area contributed by atoms with Crippen molar-refractivity contribution < 1.29 is 8.78 Å². The first-order chi connectivity index (χ1) is 4.22. The Bertz CT molecular complexity index is 177. The third-order valence-corrected chi connectivity index (χ3v) is 1.43. The predicted octanol–water partition coefficient (Wildman–Crippen LogP) is 2.88. The van der Waals surface area contributed by atoms with E-state index >= 15 is 0 Å². The predicted molar refractivity (Wildman–Crippen MR) is 32.2 cm³/mol. The van der Waals surface area contributed by atoms with Crippen LogP contribution in [0.15, 0.2) is 23.3 Å². The average molecular weight is 130 g/mol. The molecule has 9 heavy (non-hydrogen) atoms. The Balaban J connectivity index is 2.88. The summed E-state index contributed by atoms with van der Waals surface area (Å²) >= 11 is 0. The quantitative estimate of drug-likeness (QED) is 0.473. The molecule has 1 rings (SSSR count). The molecule has 0 fully saturated rings. The monoisotopic (exact) mass is 130 g/mol. The minimum Gasteiger partial charge on any atom is -0.204 e. The largest absolute Gasteiger partial charge is 0.204 e. The van der Waals surface area contributed by atoms with Crippen molar-refractivity contribution in [1.82, 2.24) is 0 Å². The first-order valence-corrected chi connectivity index (χ1v) is 2.93. The van der Waals surface area contributed by atoms with Crippen LogP contribution in [-0.2, 0) is 0 Å². The second-order valence-corrected chi connectivity index (χ2v) is 2.19. The summed E-state index contributed by atoms with van der Waals surface area (Å²) in [7, 11) is 0. The molecule has 50 valence electrons. The Labute approximate surface area is 52.9 Å². The van der Waals surface area contributed by atoms with Gasteiger partial charge in [0.2, 0.25) is 0 Å². The van der Waals surface area contributed by atoms with Crippen LogP contribution in [-0.4, -0.2) is 0 Å². The van der Waals surface area contributed by atoms with E-state index in [1.165, 1.54) is 6.08 Å². The molecule has 1 aliphatic rings. The summed E-state index contributed by atoms with van der Waals surface area (Å²) in [6.07, 6.45) is 2.56. The zero-order valence-corrected chi connectivity index (χ0v) is 5.25. The molecule has 2 heteroatoms. The Morgan fingerprint density at radius 3 is 2.56 bits per heavy atom. The zero-order chi connectivity index (χ0) is 6.85. The molecule has 0 aromatic carbocycles. The molecule has 0 heterocycles. The van der Waals surface area contributed by atoms with Crippen LogP contribution in [0.25, 0.3) is 0 Å². The van der Waals surface area contributed by atoms with E-state index in [1.54, 1.807) is 6.92 Å². The summed E-state index contributed by atoms with van der Waals surface area (Å²) in [6, 6.07) is 0. The number of allylic oxidation sites excluding steroid dienone is 4. The molecule has 0 aromatic heterocycles. The lowest BCUT2D eigenvalue weighted by molar-refractivity contribution is 0.520. The molecule has 0 unspecified atom stereocenters. The van der Waals surface area contributed by atoms with Gasteiger partial charge in [-0.15, -0.1) is 0 Å². The summed E-state index contributed by atoms with van der Waals surface area (Å²) in [5, 5.41) is 0. The lowest BCUT2D eigenvalue weighted by Gasteiger charge is -2.05. The lowest BCUT2D eigenvalue weighted by atomic mass is 10.1. The molecule has 0 nitrogen and oxygen atoms in total. The molecule has 0 saturated carbocycles. The van der Waals surface area contributed by atoms with E-state index in [0.29, 0.717) is 18.4 Å². The highest BCUT2D eigenvalue weighted by Gasteiger charge is 2.11. The lowest BCUT2D eigenvalue weighted by Crippen LogP contribution is -1.90. The van der Waals surface area contributed by atoms with Crippen molar-refractivity contribution in [3.63, 3.8) is 0 Å². The van der Waals surface area contributed by atoms with Crippen molar-refractivity contribution in [2.45, 2.75) is 19.8 Å². The van der Waals surface area contributed by atoms with E-state index in [1.807, 2.05) is 0 Å². The van der Waals surface area contributed by atoms with E-state index < -0.39 is 11.7 Å². The van der Waals surface area contributed by atoms with Crippen molar-refractivity contribution in [3.8, 4) is 0 Å². The molecule has 0 spiro atoms. The highest BCUT2D eigenvalue weighted by Crippen LogP contribution is 2.26. The van der Waals surface area contributed by atoms with Gasteiger partial charge in [0.15, 0.2) is 11.7 Å². The molecule has 0 bridgehead atoms. The summed E-state index contributed by atoms with van der Waals surface area (Å²) in [5.41, 5.74) is 0.523. The molecular weight excluding hydrogens is 122 g/mol. The van der Waals surface area contributed by atoms with Gasteiger partial charge >= 0.3 is 0 Å². The highest BCUT2D eigenvalue weighted by atomic mass is 19.2. The van der Waals surface area contributed by atoms with Gasteiger partial charge in [-0.05, 0) is 31.4 Å². The van der Waals surface area contributed by atoms with E-state index in [0.717, 1.165) is 0 Å². The number of rotatable bonds is 0. The van der Waals surface area contributed by atoms with Crippen LogP contribution in [0.4, 0.5) is 8.78 Å². The van der Waals surface area contributed by atoms with Gasteiger partial charge in [0.05, 0.1) is 0 Å². The van der Waals surface area contributed by atoms with E-state index in [4.69, 9.17) is 0 Å². The maximum absolute atomic E-state index is 12.4. The summed E-state index contributed by atoms with van der Waals surface area (Å²) in [4.78, 5) is 0. The first-order valence-electron chi connectivity index (χ1n) is 2.93. The maximum Gasteiger partial charge on any atom is 0.157 e. The minimum atomic E-state index is -0.696. The molecule has 1 aliphatic carbocycles. The fourth-order valence-electron chi connectivity index (χ4n) is 0.819. The average Bonchev–Trinajstić information content (AvgIpc) is 1.83. The van der Waals surface area contributed by atoms with Crippen LogP contribution in [0.1, 0.15) is 19.8 Å². The fourth-order valence-corrected chi connectivity index (χ4v) is 0.819. The Morgan fingerprint density at radius 2 is 2.11 bits per heavy atom. The van der Waals surface area contributed by atoms with Crippen molar-refractivity contribution in [3.05, 3.63) is 23.3 Å². The fraction of sp³-hybridized carbons (Fsp3) is 0.429. The molecule has 0 saturated heterocycles. The van der Waals surface area contributed by atoms with Crippen molar-refractivity contribution in [1.29, 1.82) is 0 Å². The highest BCUT2D eigenvalue weighted by molar-refractivity contribution is 5.27. The SMILES string of the molecule is CC1=C(F)C(F)=CCC1. The molecular formula is C7H8F2. The van der Waals surface area contributed by atoms with Crippen molar-refractivity contribution in [2.24, 2.45) is 0 Å². The summed E-state index contributed by atoms with van der Waals surface area (Å²) in [6.45, 7) is 1.61. The van der Waals surface area contributed by atoms with Gasteiger partial charge in [-0.3, -0.25) is 0 Å². The van der Waals surface area contributed by atoms with Crippen LogP contribution >= 0.6 is 0 Å². The number of halogens is 2. The number of hydrogen-bond acceptors (Lipinski definition) is 0. The second kappa shape index (κ2) is 2.29.